The fourth-order valence-electron chi connectivity index (χ4n) is 1.95. The van der Waals surface area contributed by atoms with Crippen LogP contribution in [-0.2, 0) is 6.54 Å². The Morgan fingerprint density at radius 3 is 2.53 bits per heavy atom. The molecular formula is C13H22N4. The van der Waals surface area contributed by atoms with Crippen molar-refractivity contribution >= 4 is 5.95 Å². The first-order chi connectivity index (χ1) is 8.35. The third kappa shape index (κ3) is 3.40. The first kappa shape index (κ1) is 12.3. The van der Waals surface area contributed by atoms with Gasteiger partial charge in [-0.3, -0.25) is 0 Å². The molecule has 1 heterocycles. The summed E-state index contributed by atoms with van der Waals surface area (Å²) in [6, 6.07) is 0.684. The molecule has 1 aliphatic carbocycles. The minimum Gasteiger partial charge on any atom is -0.338 e. The first-order valence-corrected chi connectivity index (χ1v) is 6.63. The lowest BCUT2D eigenvalue weighted by molar-refractivity contribution is 0.670. The lowest BCUT2D eigenvalue weighted by atomic mass is 10.3. The average Bonchev–Trinajstić information content (AvgIpc) is 3.17. The van der Waals surface area contributed by atoms with Gasteiger partial charge in [-0.15, -0.1) is 0 Å². The molecule has 0 amide bonds. The van der Waals surface area contributed by atoms with Crippen molar-refractivity contribution in [2.75, 3.05) is 18.0 Å². The first-order valence-electron chi connectivity index (χ1n) is 6.63. The normalized spacial score (nSPS) is 14.9. The van der Waals surface area contributed by atoms with E-state index < -0.39 is 0 Å². The summed E-state index contributed by atoms with van der Waals surface area (Å²) in [4.78, 5) is 11.2. The molecule has 17 heavy (non-hydrogen) atoms. The number of nitrogens with zero attached hydrogens (tertiary/aromatic N) is 3. The standard InChI is InChI=1S/C13H22N4/c1-3-7-14-8-11-9-15-13(16-10-11)17(4-2)12-5-6-12/h9-10,12,14H,3-8H2,1-2H3. The van der Waals surface area contributed by atoms with E-state index in [9.17, 15) is 0 Å². The van der Waals surface area contributed by atoms with Gasteiger partial charge in [-0.2, -0.15) is 0 Å². The zero-order valence-corrected chi connectivity index (χ0v) is 10.8. The van der Waals surface area contributed by atoms with Crippen molar-refractivity contribution in [1.29, 1.82) is 0 Å². The van der Waals surface area contributed by atoms with Crippen LogP contribution in [0.25, 0.3) is 0 Å². The molecule has 0 bridgehead atoms. The van der Waals surface area contributed by atoms with Gasteiger partial charge in [0.05, 0.1) is 0 Å². The van der Waals surface area contributed by atoms with E-state index in [1.165, 1.54) is 12.8 Å². The van der Waals surface area contributed by atoms with Crippen LogP contribution < -0.4 is 10.2 Å². The van der Waals surface area contributed by atoms with Crippen LogP contribution in [0.2, 0.25) is 0 Å². The Kier molecular flexibility index (Phi) is 4.31. The third-order valence-corrected chi connectivity index (χ3v) is 3.03. The van der Waals surface area contributed by atoms with Gasteiger partial charge < -0.3 is 10.2 Å². The van der Waals surface area contributed by atoms with E-state index in [2.05, 4.69) is 34.0 Å². The SMILES string of the molecule is CCCNCc1cnc(N(CC)C2CC2)nc1. The summed E-state index contributed by atoms with van der Waals surface area (Å²) in [6.45, 7) is 7.24. The average molecular weight is 234 g/mol. The summed E-state index contributed by atoms with van der Waals surface area (Å²) in [7, 11) is 0. The Balaban J connectivity index is 1.92. The molecule has 0 saturated heterocycles. The molecule has 4 heteroatoms. The number of hydrogen-bond donors (Lipinski definition) is 1. The van der Waals surface area contributed by atoms with E-state index in [1.54, 1.807) is 0 Å². The molecule has 0 atom stereocenters. The maximum atomic E-state index is 4.46. The van der Waals surface area contributed by atoms with Gasteiger partial charge in [0.15, 0.2) is 0 Å². The van der Waals surface area contributed by atoms with E-state index in [-0.39, 0.29) is 0 Å². The van der Waals surface area contributed by atoms with E-state index in [1.807, 2.05) is 12.4 Å². The summed E-state index contributed by atoms with van der Waals surface area (Å²) in [6.07, 6.45) is 7.62. The van der Waals surface area contributed by atoms with Crippen molar-refractivity contribution in [1.82, 2.24) is 15.3 Å². The highest BCUT2D eigenvalue weighted by Gasteiger charge is 2.29. The van der Waals surface area contributed by atoms with E-state index in [4.69, 9.17) is 0 Å². The highest BCUT2D eigenvalue weighted by Crippen LogP contribution is 2.29. The largest absolute Gasteiger partial charge is 0.338 e. The van der Waals surface area contributed by atoms with Crippen LogP contribution in [0.1, 0.15) is 38.7 Å². The summed E-state index contributed by atoms with van der Waals surface area (Å²) < 4.78 is 0. The van der Waals surface area contributed by atoms with Crippen molar-refractivity contribution in [2.24, 2.45) is 0 Å². The van der Waals surface area contributed by atoms with Gasteiger partial charge >= 0.3 is 0 Å². The predicted molar refractivity (Wildman–Crippen MR) is 70.1 cm³/mol. The molecule has 1 aliphatic rings. The second-order valence-electron chi connectivity index (χ2n) is 4.59. The minimum atomic E-state index is 0.684. The molecule has 2 rings (SSSR count). The van der Waals surface area contributed by atoms with Crippen molar-refractivity contribution in [3.05, 3.63) is 18.0 Å². The Hall–Kier alpha value is -1.16. The molecule has 0 unspecified atom stereocenters. The summed E-state index contributed by atoms with van der Waals surface area (Å²) in [5, 5.41) is 3.36. The highest BCUT2D eigenvalue weighted by molar-refractivity contribution is 5.33. The maximum absolute atomic E-state index is 4.46. The van der Waals surface area contributed by atoms with Crippen LogP contribution >= 0.6 is 0 Å². The lowest BCUT2D eigenvalue weighted by Crippen LogP contribution is -2.27. The van der Waals surface area contributed by atoms with Crippen molar-refractivity contribution in [3.8, 4) is 0 Å². The third-order valence-electron chi connectivity index (χ3n) is 3.03. The van der Waals surface area contributed by atoms with E-state index in [0.717, 1.165) is 37.6 Å². The monoisotopic (exact) mass is 234 g/mol. The number of anilines is 1. The molecule has 0 aliphatic heterocycles. The van der Waals surface area contributed by atoms with Crippen LogP contribution in [-0.4, -0.2) is 29.1 Å². The minimum absolute atomic E-state index is 0.684. The highest BCUT2D eigenvalue weighted by atomic mass is 15.3. The predicted octanol–water partition coefficient (Wildman–Crippen LogP) is 1.96. The summed E-state index contributed by atoms with van der Waals surface area (Å²) in [5.41, 5.74) is 1.16. The van der Waals surface area contributed by atoms with Crippen LogP contribution in [0.3, 0.4) is 0 Å². The molecular weight excluding hydrogens is 212 g/mol. The zero-order valence-electron chi connectivity index (χ0n) is 10.8. The van der Waals surface area contributed by atoms with Crippen LogP contribution in [0, 0.1) is 0 Å². The fraction of sp³-hybridized carbons (Fsp3) is 0.692. The Morgan fingerprint density at radius 2 is 2.00 bits per heavy atom. The van der Waals surface area contributed by atoms with Crippen LogP contribution in [0.15, 0.2) is 12.4 Å². The molecule has 1 aromatic heterocycles. The smallest absolute Gasteiger partial charge is 0.225 e. The van der Waals surface area contributed by atoms with Gasteiger partial charge in [-0.05, 0) is 32.7 Å². The molecule has 0 aromatic carbocycles. The van der Waals surface area contributed by atoms with Crippen molar-refractivity contribution < 1.29 is 0 Å². The number of hydrogen-bond acceptors (Lipinski definition) is 4. The van der Waals surface area contributed by atoms with Crippen LogP contribution in [0.5, 0.6) is 0 Å². The van der Waals surface area contributed by atoms with E-state index in [0.29, 0.717) is 6.04 Å². The molecule has 0 radical (unpaired) electrons. The molecule has 1 N–H and O–H groups in total. The molecule has 1 aromatic rings. The number of aromatic nitrogens is 2. The molecule has 4 nitrogen and oxygen atoms in total. The summed E-state index contributed by atoms with van der Waals surface area (Å²) >= 11 is 0. The molecule has 1 fully saturated rings. The fourth-order valence-corrected chi connectivity index (χ4v) is 1.95. The van der Waals surface area contributed by atoms with Crippen LogP contribution in [0.4, 0.5) is 5.95 Å². The summed E-state index contributed by atoms with van der Waals surface area (Å²) in [5.74, 6) is 0.884. The zero-order chi connectivity index (χ0) is 12.1. The second-order valence-corrected chi connectivity index (χ2v) is 4.59. The molecule has 0 spiro atoms. The Bertz CT molecular complexity index is 332. The van der Waals surface area contributed by atoms with E-state index >= 15 is 0 Å². The Labute approximate surface area is 103 Å². The lowest BCUT2D eigenvalue weighted by Gasteiger charge is -2.19. The number of rotatable bonds is 7. The van der Waals surface area contributed by atoms with Gasteiger partial charge in [0.2, 0.25) is 5.95 Å². The van der Waals surface area contributed by atoms with Gasteiger partial charge in [-0.1, -0.05) is 6.92 Å². The van der Waals surface area contributed by atoms with Gasteiger partial charge in [0.1, 0.15) is 0 Å². The molecule has 94 valence electrons. The maximum Gasteiger partial charge on any atom is 0.225 e. The van der Waals surface area contributed by atoms with Crippen molar-refractivity contribution in [2.45, 2.75) is 45.7 Å². The van der Waals surface area contributed by atoms with Gasteiger partial charge in [0.25, 0.3) is 0 Å². The van der Waals surface area contributed by atoms with Gasteiger partial charge in [-0.25, -0.2) is 9.97 Å². The Morgan fingerprint density at radius 1 is 1.29 bits per heavy atom. The topological polar surface area (TPSA) is 41.1 Å². The van der Waals surface area contributed by atoms with Crippen molar-refractivity contribution in [3.63, 3.8) is 0 Å². The van der Waals surface area contributed by atoms with Gasteiger partial charge in [0, 0.05) is 37.1 Å². The quantitative estimate of drug-likeness (QED) is 0.732. The molecule has 1 saturated carbocycles. The number of nitrogens with one attached hydrogen (secondary N) is 1. The second kappa shape index (κ2) is 5.96.